The summed E-state index contributed by atoms with van der Waals surface area (Å²) in [4.78, 5) is 7.03. The van der Waals surface area contributed by atoms with Gasteiger partial charge in [0.05, 0.1) is 12.3 Å². The Morgan fingerprint density at radius 1 is 1.67 bits per heavy atom. The van der Waals surface area contributed by atoms with Gasteiger partial charge in [0.25, 0.3) is 5.82 Å². The van der Waals surface area contributed by atoms with Gasteiger partial charge in [-0.3, -0.25) is 0 Å². The SMILES string of the molecule is [C-]#[N+]c1nc(OCC)ccc1N. The molecule has 0 fully saturated rings. The van der Waals surface area contributed by atoms with E-state index in [1.54, 1.807) is 12.1 Å². The zero-order chi connectivity index (χ0) is 8.97. The molecular weight excluding hydrogens is 154 g/mol. The molecule has 0 aliphatic heterocycles. The van der Waals surface area contributed by atoms with Crippen molar-refractivity contribution >= 4 is 11.5 Å². The van der Waals surface area contributed by atoms with E-state index in [4.69, 9.17) is 17.0 Å². The maximum absolute atomic E-state index is 6.74. The van der Waals surface area contributed by atoms with Crippen molar-refractivity contribution in [1.29, 1.82) is 0 Å². The fraction of sp³-hybridized carbons (Fsp3) is 0.250. The number of aromatic nitrogens is 1. The van der Waals surface area contributed by atoms with Gasteiger partial charge in [-0.25, -0.2) is 0 Å². The molecule has 1 aromatic rings. The first kappa shape index (κ1) is 8.34. The van der Waals surface area contributed by atoms with E-state index in [0.29, 0.717) is 18.2 Å². The zero-order valence-electron chi connectivity index (χ0n) is 6.74. The summed E-state index contributed by atoms with van der Waals surface area (Å²) in [5.41, 5.74) is 5.85. The van der Waals surface area contributed by atoms with E-state index in [-0.39, 0.29) is 5.82 Å². The molecule has 12 heavy (non-hydrogen) atoms. The number of ether oxygens (including phenoxy) is 1. The molecule has 2 N–H and O–H groups in total. The molecule has 1 heterocycles. The van der Waals surface area contributed by atoms with Crippen LogP contribution < -0.4 is 10.5 Å². The summed E-state index contributed by atoms with van der Waals surface area (Å²) >= 11 is 0. The summed E-state index contributed by atoms with van der Waals surface area (Å²) in [6.07, 6.45) is 0. The fourth-order valence-corrected chi connectivity index (χ4v) is 0.760. The highest BCUT2D eigenvalue weighted by Gasteiger charge is 2.04. The van der Waals surface area contributed by atoms with Crippen molar-refractivity contribution in [2.75, 3.05) is 12.3 Å². The molecule has 0 bridgehead atoms. The van der Waals surface area contributed by atoms with E-state index in [9.17, 15) is 0 Å². The van der Waals surface area contributed by atoms with Crippen molar-refractivity contribution in [1.82, 2.24) is 4.98 Å². The molecule has 0 aliphatic carbocycles. The van der Waals surface area contributed by atoms with Crippen molar-refractivity contribution in [3.8, 4) is 5.88 Å². The Bertz CT molecular complexity index is 317. The summed E-state index contributed by atoms with van der Waals surface area (Å²) < 4.78 is 5.09. The maximum atomic E-state index is 6.74. The third-order valence-electron chi connectivity index (χ3n) is 1.28. The highest BCUT2D eigenvalue weighted by molar-refractivity contribution is 5.62. The van der Waals surface area contributed by atoms with E-state index in [2.05, 4.69) is 9.83 Å². The topological polar surface area (TPSA) is 52.5 Å². The molecule has 0 spiro atoms. The molecule has 0 saturated heterocycles. The molecule has 0 saturated carbocycles. The second-order valence-electron chi connectivity index (χ2n) is 2.11. The van der Waals surface area contributed by atoms with Crippen LogP contribution in [0.1, 0.15) is 6.92 Å². The van der Waals surface area contributed by atoms with Gasteiger partial charge < -0.3 is 15.3 Å². The highest BCUT2D eigenvalue weighted by Crippen LogP contribution is 2.21. The monoisotopic (exact) mass is 163 g/mol. The lowest BCUT2D eigenvalue weighted by Crippen LogP contribution is -1.95. The van der Waals surface area contributed by atoms with Crippen LogP contribution in [-0.2, 0) is 0 Å². The molecule has 0 atom stereocenters. The standard InChI is InChI=1S/C8H9N3O/c1-3-12-7-5-4-6(9)8(10-2)11-7/h4-5H,3,9H2,1H3. The number of pyridine rings is 1. The second kappa shape index (κ2) is 3.58. The molecule has 0 unspecified atom stereocenters. The second-order valence-corrected chi connectivity index (χ2v) is 2.11. The van der Waals surface area contributed by atoms with Crippen LogP contribution in [0.25, 0.3) is 4.85 Å². The first-order chi connectivity index (χ1) is 5.77. The molecule has 0 aromatic carbocycles. The zero-order valence-corrected chi connectivity index (χ0v) is 6.74. The van der Waals surface area contributed by atoms with E-state index >= 15 is 0 Å². The lowest BCUT2D eigenvalue weighted by Gasteiger charge is -1.99. The van der Waals surface area contributed by atoms with Crippen LogP contribution in [0.3, 0.4) is 0 Å². The lowest BCUT2D eigenvalue weighted by atomic mass is 10.4. The Morgan fingerprint density at radius 3 is 3.00 bits per heavy atom. The van der Waals surface area contributed by atoms with Crippen LogP contribution in [0.2, 0.25) is 0 Å². The van der Waals surface area contributed by atoms with Gasteiger partial charge in [0.15, 0.2) is 0 Å². The summed E-state index contributed by atoms with van der Waals surface area (Å²) in [7, 11) is 0. The van der Waals surface area contributed by atoms with E-state index in [1.807, 2.05) is 6.92 Å². The predicted molar refractivity (Wildman–Crippen MR) is 46.1 cm³/mol. The molecule has 0 amide bonds. The highest BCUT2D eigenvalue weighted by atomic mass is 16.5. The summed E-state index contributed by atoms with van der Waals surface area (Å²) in [5.74, 6) is 0.638. The van der Waals surface area contributed by atoms with Crippen molar-refractivity contribution in [2.45, 2.75) is 6.92 Å². The third kappa shape index (κ3) is 1.64. The van der Waals surface area contributed by atoms with Crippen LogP contribution in [0.4, 0.5) is 11.5 Å². The largest absolute Gasteiger partial charge is 0.461 e. The Hall–Kier alpha value is -1.76. The first-order valence-electron chi connectivity index (χ1n) is 3.54. The maximum Gasteiger partial charge on any atom is 0.309 e. The Labute approximate surface area is 70.8 Å². The third-order valence-corrected chi connectivity index (χ3v) is 1.28. The fourth-order valence-electron chi connectivity index (χ4n) is 0.760. The van der Waals surface area contributed by atoms with Crippen LogP contribution in [0, 0.1) is 6.57 Å². The summed E-state index contributed by atoms with van der Waals surface area (Å²) in [5, 5.41) is 0. The van der Waals surface area contributed by atoms with Crippen molar-refractivity contribution in [2.24, 2.45) is 0 Å². The Morgan fingerprint density at radius 2 is 2.42 bits per heavy atom. The van der Waals surface area contributed by atoms with Gasteiger partial charge in [0, 0.05) is 6.07 Å². The molecule has 0 aliphatic rings. The minimum Gasteiger partial charge on any atom is -0.461 e. The van der Waals surface area contributed by atoms with E-state index < -0.39 is 0 Å². The van der Waals surface area contributed by atoms with Crippen LogP contribution in [0.5, 0.6) is 5.88 Å². The van der Waals surface area contributed by atoms with Gasteiger partial charge in [0.1, 0.15) is 0 Å². The van der Waals surface area contributed by atoms with Gasteiger partial charge in [-0.1, -0.05) is 11.6 Å². The van der Waals surface area contributed by atoms with Crippen LogP contribution in [-0.4, -0.2) is 11.6 Å². The number of anilines is 1. The molecule has 62 valence electrons. The van der Waals surface area contributed by atoms with E-state index in [0.717, 1.165) is 0 Å². The number of nitrogens with zero attached hydrogens (tertiary/aromatic N) is 2. The first-order valence-corrected chi connectivity index (χ1v) is 3.54. The number of hydrogen-bond acceptors (Lipinski definition) is 3. The van der Waals surface area contributed by atoms with Crippen molar-refractivity contribution in [3.63, 3.8) is 0 Å². The number of nitrogens with two attached hydrogens (primary N) is 1. The molecule has 4 heteroatoms. The van der Waals surface area contributed by atoms with Gasteiger partial charge in [-0.15, -0.1) is 0 Å². The van der Waals surface area contributed by atoms with Crippen LogP contribution in [0.15, 0.2) is 12.1 Å². The molecule has 1 aromatic heterocycles. The number of hydrogen-bond donors (Lipinski definition) is 1. The van der Waals surface area contributed by atoms with Gasteiger partial charge in [-0.05, 0) is 13.0 Å². The van der Waals surface area contributed by atoms with E-state index in [1.165, 1.54) is 0 Å². The number of rotatable bonds is 2. The summed E-state index contributed by atoms with van der Waals surface area (Å²) in [6.45, 7) is 9.13. The van der Waals surface area contributed by atoms with Gasteiger partial charge in [0.2, 0.25) is 0 Å². The average Bonchev–Trinajstić information content (AvgIpc) is 2.09. The molecule has 1 rings (SSSR count). The average molecular weight is 163 g/mol. The minimum atomic E-state index is 0.195. The minimum absolute atomic E-state index is 0.195. The van der Waals surface area contributed by atoms with Crippen molar-refractivity contribution in [3.05, 3.63) is 23.5 Å². The predicted octanol–water partition coefficient (Wildman–Crippen LogP) is 1.61. The Balaban J connectivity index is 2.99. The van der Waals surface area contributed by atoms with Gasteiger partial charge in [-0.2, -0.15) is 0 Å². The van der Waals surface area contributed by atoms with Crippen molar-refractivity contribution < 1.29 is 4.74 Å². The normalized spacial score (nSPS) is 9.00. The molecule has 0 radical (unpaired) electrons. The quantitative estimate of drug-likeness (QED) is 0.674. The molecule has 4 nitrogen and oxygen atoms in total. The van der Waals surface area contributed by atoms with Crippen LogP contribution >= 0.6 is 0 Å². The summed E-state index contributed by atoms with van der Waals surface area (Å²) in [6, 6.07) is 3.26. The Kier molecular flexibility index (Phi) is 2.49. The molecular formula is C8H9N3O. The number of nitrogen functional groups attached to an aromatic ring is 1. The lowest BCUT2D eigenvalue weighted by molar-refractivity contribution is 0.327. The smallest absolute Gasteiger partial charge is 0.309 e. The van der Waals surface area contributed by atoms with Gasteiger partial charge >= 0.3 is 5.88 Å².